The van der Waals surface area contributed by atoms with Crippen LogP contribution >= 0.6 is 0 Å². The van der Waals surface area contributed by atoms with Crippen molar-refractivity contribution in [2.75, 3.05) is 16.0 Å². The summed E-state index contributed by atoms with van der Waals surface area (Å²) < 4.78 is 0. The maximum Gasteiger partial charge on any atom is 0.246 e. The lowest BCUT2D eigenvalue weighted by Gasteiger charge is -2.16. The van der Waals surface area contributed by atoms with Gasteiger partial charge < -0.3 is 16.0 Å². The zero-order valence-corrected chi connectivity index (χ0v) is 12.6. The van der Waals surface area contributed by atoms with Crippen LogP contribution in [0.4, 0.5) is 17.1 Å². The standard InChI is InChI=1S/C17H19N3O2/c1-12(17(22)20-14-7-4-3-5-8-14)18-15-9-6-10-16(11-15)19-13(2)21/h3-12,18H,1-2H3,(H,19,21)(H,20,22)/t12-/m0/s1. The molecule has 0 heterocycles. The quantitative estimate of drug-likeness (QED) is 0.794. The molecule has 0 saturated heterocycles. The number of nitrogens with one attached hydrogen (secondary N) is 3. The number of hydrogen-bond donors (Lipinski definition) is 3. The lowest BCUT2D eigenvalue weighted by molar-refractivity contribution is -0.116. The number of benzene rings is 2. The highest BCUT2D eigenvalue weighted by Crippen LogP contribution is 2.16. The lowest BCUT2D eigenvalue weighted by atomic mass is 10.2. The number of anilines is 3. The summed E-state index contributed by atoms with van der Waals surface area (Å²) in [7, 11) is 0. The van der Waals surface area contributed by atoms with Crippen LogP contribution in [0.3, 0.4) is 0 Å². The van der Waals surface area contributed by atoms with Gasteiger partial charge in [-0.05, 0) is 37.3 Å². The number of rotatable bonds is 5. The molecule has 0 aliphatic carbocycles. The van der Waals surface area contributed by atoms with Crippen LogP contribution in [0.15, 0.2) is 54.6 Å². The van der Waals surface area contributed by atoms with Crippen LogP contribution in [0.2, 0.25) is 0 Å². The van der Waals surface area contributed by atoms with E-state index in [0.717, 1.165) is 11.4 Å². The summed E-state index contributed by atoms with van der Waals surface area (Å²) in [5, 5.41) is 8.66. The summed E-state index contributed by atoms with van der Waals surface area (Å²) >= 11 is 0. The zero-order valence-electron chi connectivity index (χ0n) is 12.6. The Morgan fingerprint density at radius 2 is 1.50 bits per heavy atom. The molecule has 22 heavy (non-hydrogen) atoms. The molecule has 0 aliphatic heterocycles. The smallest absolute Gasteiger partial charge is 0.246 e. The molecule has 0 radical (unpaired) electrons. The van der Waals surface area contributed by atoms with E-state index in [2.05, 4.69) is 16.0 Å². The van der Waals surface area contributed by atoms with Crippen molar-refractivity contribution in [2.45, 2.75) is 19.9 Å². The van der Waals surface area contributed by atoms with Gasteiger partial charge >= 0.3 is 0 Å². The fourth-order valence-corrected chi connectivity index (χ4v) is 1.98. The molecule has 3 N–H and O–H groups in total. The first-order valence-corrected chi connectivity index (χ1v) is 7.04. The van der Waals surface area contributed by atoms with Gasteiger partial charge in [0.25, 0.3) is 0 Å². The van der Waals surface area contributed by atoms with Gasteiger partial charge in [0.15, 0.2) is 0 Å². The van der Waals surface area contributed by atoms with Gasteiger partial charge in [-0.2, -0.15) is 0 Å². The third kappa shape index (κ3) is 4.63. The van der Waals surface area contributed by atoms with Crippen molar-refractivity contribution in [3.63, 3.8) is 0 Å². The van der Waals surface area contributed by atoms with Crippen molar-refractivity contribution in [2.24, 2.45) is 0 Å². The Morgan fingerprint density at radius 3 is 2.18 bits per heavy atom. The predicted octanol–water partition coefficient (Wildman–Crippen LogP) is 3.08. The van der Waals surface area contributed by atoms with Crippen LogP contribution in [0, 0.1) is 0 Å². The summed E-state index contributed by atoms with van der Waals surface area (Å²) in [6, 6.07) is 16.1. The monoisotopic (exact) mass is 297 g/mol. The Kier molecular flexibility index (Phi) is 5.14. The average molecular weight is 297 g/mol. The molecule has 0 bridgehead atoms. The second kappa shape index (κ2) is 7.26. The molecule has 2 aromatic rings. The first kappa shape index (κ1) is 15.6. The molecule has 2 rings (SSSR count). The number of hydrogen-bond acceptors (Lipinski definition) is 3. The van der Waals surface area contributed by atoms with Crippen LogP contribution in [0.25, 0.3) is 0 Å². The van der Waals surface area contributed by atoms with Crippen LogP contribution in [-0.4, -0.2) is 17.9 Å². The van der Waals surface area contributed by atoms with E-state index in [1.807, 2.05) is 42.5 Å². The molecule has 5 nitrogen and oxygen atoms in total. The Labute approximate surface area is 129 Å². The second-order valence-electron chi connectivity index (χ2n) is 4.98. The second-order valence-corrected chi connectivity index (χ2v) is 4.98. The first-order valence-electron chi connectivity index (χ1n) is 7.04. The highest BCUT2D eigenvalue weighted by molar-refractivity contribution is 5.96. The van der Waals surface area contributed by atoms with Crippen LogP contribution < -0.4 is 16.0 Å². The Balaban J connectivity index is 1.97. The molecule has 0 saturated carbocycles. The van der Waals surface area contributed by atoms with E-state index in [9.17, 15) is 9.59 Å². The molecule has 0 spiro atoms. The van der Waals surface area contributed by atoms with Crippen molar-refractivity contribution in [3.05, 3.63) is 54.6 Å². The SMILES string of the molecule is CC(=O)Nc1cccc(N[C@@H](C)C(=O)Nc2ccccc2)c1. The minimum atomic E-state index is -0.409. The van der Waals surface area contributed by atoms with E-state index < -0.39 is 6.04 Å². The fourth-order valence-electron chi connectivity index (χ4n) is 1.98. The van der Waals surface area contributed by atoms with E-state index in [-0.39, 0.29) is 11.8 Å². The van der Waals surface area contributed by atoms with E-state index in [0.29, 0.717) is 5.69 Å². The van der Waals surface area contributed by atoms with Gasteiger partial charge in [0.05, 0.1) is 0 Å². The number of carbonyl (C=O) groups excluding carboxylic acids is 2. The van der Waals surface area contributed by atoms with Crippen molar-refractivity contribution in [3.8, 4) is 0 Å². The van der Waals surface area contributed by atoms with Crippen LogP contribution in [0.5, 0.6) is 0 Å². The van der Waals surface area contributed by atoms with Crippen LogP contribution in [0.1, 0.15) is 13.8 Å². The highest BCUT2D eigenvalue weighted by Gasteiger charge is 2.12. The average Bonchev–Trinajstić information content (AvgIpc) is 2.48. The molecule has 114 valence electrons. The molecule has 0 aromatic heterocycles. The van der Waals surface area contributed by atoms with Crippen molar-refractivity contribution in [1.82, 2.24) is 0 Å². The lowest BCUT2D eigenvalue weighted by Crippen LogP contribution is -2.31. The Bertz CT molecular complexity index is 656. The first-order chi connectivity index (χ1) is 10.5. The van der Waals surface area contributed by atoms with Gasteiger partial charge in [0.1, 0.15) is 6.04 Å². The normalized spacial score (nSPS) is 11.4. The summed E-state index contributed by atoms with van der Waals surface area (Å²) in [6.07, 6.45) is 0. The van der Waals surface area contributed by atoms with E-state index >= 15 is 0 Å². The van der Waals surface area contributed by atoms with Crippen molar-refractivity contribution in [1.29, 1.82) is 0 Å². The summed E-state index contributed by atoms with van der Waals surface area (Å²) in [5.74, 6) is -0.261. The van der Waals surface area contributed by atoms with Gasteiger partial charge in [-0.1, -0.05) is 24.3 Å². The molecule has 0 unspecified atom stereocenters. The Hall–Kier alpha value is -2.82. The third-order valence-electron chi connectivity index (χ3n) is 3.00. The van der Waals surface area contributed by atoms with Crippen molar-refractivity contribution < 1.29 is 9.59 Å². The number of amides is 2. The molecule has 5 heteroatoms. The van der Waals surface area contributed by atoms with Gasteiger partial charge in [0, 0.05) is 24.0 Å². The van der Waals surface area contributed by atoms with Gasteiger partial charge in [-0.25, -0.2) is 0 Å². The zero-order chi connectivity index (χ0) is 15.9. The van der Waals surface area contributed by atoms with Gasteiger partial charge in [-0.3, -0.25) is 9.59 Å². The van der Waals surface area contributed by atoms with Crippen molar-refractivity contribution >= 4 is 28.9 Å². The maximum atomic E-state index is 12.1. The minimum Gasteiger partial charge on any atom is -0.374 e. The minimum absolute atomic E-state index is 0.129. The number of carbonyl (C=O) groups is 2. The predicted molar refractivity (Wildman–Crippen MR) is 88.9 cm³/mol. The molecule has 2 amide bonds. The fraction of sp³-hybridized carbons (Fsp3) is 0.176. The summed E-state index contributed by atoms with van der Waals surface area (Å²) in [5.41, 5.74) is 2.21. The molecule has 0 aliphatic rings. The third-order valence-corrected chi connectivity index (χ3v) is 3.00. The van der Waals surface area contributed by atoms with E-state index in [1.54, 1.807) is 19.1 Å². The van der Waals surface area contributed by atoms with Gasteiger partial charge in [-0.15, -0.1) is 0 Å². The molecular weight excluding hydrogens is 278 g/mol. The maximum absolute atomic E-state index is 12.1. The highest BCUT2D eigenvalue weighted by atomic mass is 16.2. The molecule has 2 aromatic carbocycles. The summed E-state index contributed by atoms with van der Waals surface area (Å²) in [6.45, 7) is 3.24. The number of para-hydroxylation sites is 1. The molecule has 0 fully saturated rings. The molecular formula is C17H19N3O2. The topological polar surface area (TPSA) is 70.2 Å². The largest absolute Gasteiger partial charge is 0.374 e. The van der Waals surface area contributed by atoms with E-state index in [1.165, 1.54) is 6.92 Å². The van der Waals surface area contributed by atoms with Crippen LogP contribution in [-0.2, 0) is 9.59 Å². The molecule has 1 atom stereocenters. The van der Waals surface area contributed by atoms with E-state index in [4.69, 9.17) is 0 Å². The Morgan fingerprint density at radius 1 is 0.864 bits per heavy atom. The summed E-state index contributed by atoms with van der Waals surface area (Å²) in [4.78, 5) is 23.2. The van der Waals surface area contributed by atoms with Gasteiger partial charge in [0.2, 0.25) is 11.8 Å².